The minimum atomic E-state index is -0.522. The van der Waals surface area contributed by atoms with Crippen LogP contribution in [0.25, 0.3) is 0 Å². The molecule has 2 unspecified atom stereocenters. The van der Waals surface area contributed by atoms with Crippen molar-refractivity contribution in [2.45, 2.75) is 32.5 Å². The van der Waals surface area contributed by atoms with Crippen LogP contribution in [0.1, 0.15) is 31.0 Å². The summed E-state index contributed by atoms with van der Waals surface area (Å²) in [6, 6.07) is 13.1. The van der Waals surface area contributed by atoms with Gasteiger partial charge in [0.25, 0.3) is 5.91 Å². The molecule has 120 valence electrons. The number of carbonyl (C=O) groups excluding carboxylic acids is 1. The first-order valence-electron chi connectivity index (χ1n) is 7.58. The molecule has 1 aliphatic heterocycles. The summed E-state index contributed by atoms with van der Waals surface area (Å²) in [6.07, 6.45) is -0.522. The molecular formula is C18H19ClN2O2. The summed E-state index contributed by atoms with van der Waals surface area (Å²) in [5.41, 5.74) is 8.56. The topological polar surface area (TPSA) is 55.6 Å². The molecule has 1 amide bonds. The number of halogens is 1. The highest BCUT2D eigenvalue weighted by Gasteiger charge is 2.32. The van der Waals surface area contributed by atoms with Gasteiger partial charge in [-0.3, -0.25) is 4.79 Å². The van der Waals surface area contributed by atoms with Gasteiger partial charge in [-0.25, -0.2) is 0 Å². The van der Waals surface area contributed by atoms with Gasteiger partial charge in [-0.05, 0) is 43.2 Å². The van der Waals surface area contributed by atoms with E-state index in [0.29, 0.717) is 17.3 Å². The maximum Gasteiger partial charge on any atom is 0.268 e. The third kappa shape index (κ3) is 3.05. The summed E-state index contributed by atoms with van der Waals surface area (Å²) < 4.78 is 5.71. The van der Waals surface area contributed by atoms with Crippen LogP contribution in [0.5, 0.6) is 5.75 Å². The zero-order valence-electron chi connectivity index (χ0n) is 13.1. The van der Waals surface area contributed by atoms with Gasteiger partial charge in [0.15, 0.2) is 6.10 Å². The van der Waals surface area contributed by atoms with Crippen LogP contribution in [-0.4, -0.2) is 12.0 Å². The van der Waals surface area contributed by atoms with Crippen molar-refractivity contribution in [3.8, 4) is 5.75 Å². The molecule has 3 rings (SSSR count). The van der Waals surface area contributed by atoms with Gasteiger partial charge >= 0.3 is 0 Å². The van der Waals surface area contributed by atoms with Gasteiger partial charge in [0, 0.05) is 11.1 Å². The summed E-state index contributed by atoms with van der Waals surface area (Å²) in [7, 11) is 0. The molecule has 4 nitrogen and oxygen atoms in total. The molecular weight excluding hydrogens is 312 g/mol. The van der Waals surface area contributed by atoms with Crippen LogP contribution < -0.4 is 15.4 Å². The molecule has 0 saturated heterocycles. The van der Waals surface area contributed by atoms with Crippen molar-refractivity contribution in [1.29, 1.82) is 0 Å². The third-order valence-corrected chi connectivity index (χ3v) is 4.37. The molecule has 1 aliphatic rings. The average molecular weight is 331 g/mol. The van der Waals surface area contributed by atoms with Gasteiger partial charge in [-0.15, -0.1) is 0 Å². The SMILES string of the molecule is CC1Oc2ccc(C(C)N)cc2N(Cc2ccccc2Cl)C1=O. The first kappa shape index (κ1) is 15.8. The summed E-state index contributed by atoms with van der Waals surface area (Å²) in [5.74, 6) is 0.604. The molecule has 23 heavy (non-hydrogen) atoms. The number of hydrogen-bond donors (Lipinski definition) is 1. The van der Waals surface area contributed by atoms with Gasteiger partial charge in [0.1, 0.15) is 5.75 Å². The Morgan fingerprint density at radius 2 is 2.04 bits per heavy atom. The summed E-state index contributed by atoms with van der Waals surface area (Å²) >= 11 is 6.25. The molecule has 1 heterocycles. The smallest absolute Gasteiger partial charge is 0.268 e. The van der Waals surface area contributed by atoms with Crippen molar-refractivity contribution in [3.63, 3.8) is 0 Å². The summed E-state index contributed by atoms with van der Waals surface area (Å²) in [5, 5.41) is 0.643. The summed E-state index contributed by atoms with van der Waals surface area (Å²) in [6.45, 7) is 4.07. The average Bonchev–Trinajstić information content (AvgIpc) is 2.53. The van der Waals surface area contributed by atoms with Crippen LogP contribution >= 0.6 is 11.6 Å². The molecule has 0 saturated carbocycles. The number of carbonyl (C=O) groups is 1. The lowest BCUT2D eigenvalue weighted by atomic mass is 10.0. The fourth-order valence-corrected chi connectivity index (χ4v) is 2.86. The predicted octanol–water partition coefficient (Wildman–Crippen LogP) is 3.67. The molecule has 2 atom stereocenters. The van der Waals surface area contributed by atoms with Crippen LogP contribution in [0.4, 0.5) is 5.69 Å². The lowest BCUT2D eigenvalue weighted by Gasteiger charge is -2.33. The van der Waals surface area contributed by atoms with Crippen LogP contribution in [0.2, 0.25) is 5.02 Å². The quantitative estimate of drug-likeness (QED) is 0.934. The first-order chi connectivity index (χ1) is 11.0. The van der Waals surface area contributed by atoms with Gasteiger partial charge in [-0.2, -0.15) is 0 Å². The molecule has 0 radical (unpaired) electrons. The fraction of sp³-hybridized carbons (Fsp3) is 0.278. The largest absolute Gasteiger partial charge is 0.479 e. The van der Waals surface area contributed by atoms with Gasteiger partial charge in [0.05, 0.1) is 12.2 Å². The van der Waals surface area contributed by atoms with Crippen molar-refractivity contribution in [1.82, 2.24) is 0 Å². The van der Waals surface area contributed by atoms with E-state index in [0.717, 1.165) is 16.8 Å². The number of nitrogens with two attached hydrogens (primary N) is 1. The number of anilines is 1. The molecule has 2 N–H and O–H groups in total. The van der Waals surface area contributed by atoms with Gasteiger partial charge in [-0.1, -0.05) is 35.9 Å². The number of benzene rings is 2. The van der Waals surface area contributed by atoms with E-state index in [2.05, 4.69) is 0 Å². The number of ether oxygens (including phenoxy) is 1. The van der Waals surface area contributed by atoms with Crippen molar-refractivity contribution in [3.05, 3.63) is 58.6 Å². The number of rotatable bonds is 3. The molecule has 5 heteroatoms. The second kappa shape index (κ2) is 6.22. The first-order valence-corrected chi connectivity index (χ1v) is 7.96. The van der Waals surface area contributed by atoms with E-state index in [1.165, 1.54) is 0 Å². The van der Waals surface area contributed by atoms with E-state index < -0.39 is 6.10 Å². The highest BCUT2D eigenvalue weighted by molar-refractivity contribution is 6.31. The van der Waals surface area contributed by atoms with Crippen molar-refractivity contribution in [2.24, 2.45) is 5.73 Å². The molecule has 0 aliphatic carbocycles. The predicted molar refractivity (Wildman–Crippen MR) is 91.8 cm³/mol. The van der Waals surface area contributed by atoms with E-state index in [-0.39, 0.29) is 11.9 Å². The molecule has 0 spiro atoms. The van der Waals surface area contributed by atoms with Crippen molar-refractivity contribution >= 4 is 23.2 Å². The Bertz CT molecular complexity index is 746. The van der Waals surface area contributed by atoms with Crippen LogP contribution in [0, 0.1) is 0 Å². The second-order valence-corrected chi connectivity index (χ2v) is 6.20. The Kier molecular flexibility index (Phi) is 4.28. The zero-order valence-corrected chi connectivity index (χ0v) is 13.9. The van der Waals surface area contributed by atoms with Crippen LogP contribution in [0.15, 0.2) is 42.5 Å². The lowest BCUT2D eigenvalue weighted by Crippen LogP contribution is -2.44. The lowest BCUT2D eigenvalue weighted by molar-refractivity contribution is -0.125. The van der Waals surface area contributed by atoms with E-state index in [1.807, 2.05) is 49.4 Å². The number of nitrogens with zero attached hydrogens (tertiary/aromatic N) is 1. The van der Waals surface area contributed by atoms with Crippen LogP contribution in [0.3, 0.4) is 0 Å². The Balaban J connectivity index is 2.03. The van der Waals surface area contributed by atoms with Crippen molar-refractivity contribution < 1.29 is 9.53 Å². The Morgan fingerprint density at radius 1 is 1.30 bits per heavy atom. The summed E-state index contributed by atoms with van der Waals surface area (Å²) in [4.78, 5) is 14.3. The molecule has 2 aromatic rings. The number of hydrogen-bond acceptors (Lipinski definition) is 3. The third-order valence-electron chi connectivity index (χ3n) is 4.00. The maximum absolute atomic E-state index is 12.6. The maximum atomic E-state index is 12.6. The normalized spacial score (nSPS) is 18.3. The highest BCUT2D eigenvalue weighted by Crippen LogP contribution is 2.37. The molecule has 0 aromatic heterocycles. The standard InChI is InChI=1S/C18H19ClN2O2/c1-11(20)13-7-8-17-16(9-13)21(18(22)12(2)23-17)10-14-5-3-4-6-15(14)19/h3-9,11-12H,10,20H2,1-2H3. The van der Waals surface area contributed by atoms with Gasteiger partial charge in [0.2, 0.25) is 0 Å². The van der Waals surface area contributed by atoms with E-state index >= 15 is 0 Å². The monoisotopic (exact) mass is 330 g/mol. The minimum absolute atomic E-state index is 0.0840. The van der Waals surface area contributed by atoms with E-state index in [9.17, 15) is 4.79 Å². The van der Waals surface area contributed by atoms with E-state index in [4.69, 9.17) is 22.1 Å². The Morgan fingerprint density at radius 3 is 2.74 bits per heavy atom. The second-order valence-electron chi connectivity index (χ2n) is 5.79. The minimum Gasteiger partial charge on any atom is -0.479 e. The Hall–Kier alpha value is -2.04. The number of amides is 1. The zero-order chi connectivity index (χ0) is 16.6. The van der Waals surface area contributed by atoms with Crippen molar-refractivity contribution in [2.75, 3.05) is 4.90 Å². The number of fused-ring (bicyclic) bond motifs is 1. The molecule has 2 aromatic carbocycles. The fourth-order valence-electron chi connectivity index (χ4n) is 2.67. The molecule has 0 fully saturated rings. The Labute approximate surface area is 140 Å². The van der Waals surface area contributed by atoms with E-state index in [1.54, 1.807) is 11.8 Å². The highest BCUT2D eigenvalue weighted by atomic mass is 35.5. The molecule has 0 bridgehead atoms. The van der Waals surface area contributed by atoms with Crippen LogP contribution in [-0.2, 0) is 11.3 Å². The van der Waals surface area contributed by atoms with Gasteiger partial charge < -0.3 is 15.4 Å².